The number of nitrogens with one attached hydrogen (secondary N) is 2. The van der Waals surface area contributed by atoms with Crippen LogP contribution in [0.3, 0.4) is 0 Å². The minimum Gasteiger partial charge on any atom is -0.383 e. The second-order valence-corrected chi connectivity index (χ2v) is 6.96. The van der Waals surface area contributed by atoms with Gasteiger partial charge in [0.2, 0.25) is 0 Å². The smallest absolute Gasteiger partial charge is 0.0629 e. The van der Waals surface area contributed by atoms with Gasteiger partial charge >= 0.3 is 0 Å². The van der Waals surface area contributed by atoms with Crippen LogP contribution in [0.2, 0.25) is 0 Å². The maximum absolute atomic E-state index is 3.58. The number of hydrogen-bond donors (Lipinski definition) is 2. The van der Waals surface area contributed by atoms with Crippen molar-refractivity contribution in [1.82, 2.24) is 5.32 Å². The number of hydrogen-bond acceptors (Lipinski definition) is 2. The molecule has 2 rings (SSSR count). The molecule has 2 N–H and O–H groups in total. The van der Waals surface area contributed by atoms with Gasteiger partial charge in [-0.05, 0) is 75.8 Å². The number of piperidine rings is 1. The molecule has 0 spiro atoms. The van der Waals surface area contributed by atoms with Gasteiger partial charge in [0.15, 0.2) is 0 Å². The van der Waals surface area contributed by atoms with Crippen LogP contribution in [0.5, 0.6) is 0 Å². The molecular formula is C12H15Br3N2. The molecule has 1 heterocycles. The maximum Gasteiger partial charge on any atom is 0.0629 e. The van der Waals surface area contributed by atoms with Crippen molar-refractivity contribution in [3.63, 3.8) is 0 Å². The predicted octanol–water partition coefficient (Wildman–Crippen LogP) is 4.39. The average molecular weight is 427 g/mol. The zero-order valence-corrected chi connectivity index (χ0v) is 14.2. The van der Waals surface area contributed by atoms with Crippen molar-refractivity contribution in [2.24, 2.45) is 5.92 Å². The van der Waals surface area contributed by atoms with E-state index in [1.807, 2.05) is 0 Å². The van der Waals surface area contributed by atoms with Crippen molar-refractivity contribution in [2.45, 2.75) is 12.8 Å². The Kier molecular flexibility index (Phi) is 5.33. The van der Waals surface area contributed by atoms with Gasteiger partial charge in [0.05, 0.1) is 5.69 Å². The Morgan fingerprint density at radius 3 is 2.53 bits per heavy atom. The summed E-state index contributed by atoms with van der Waals surface area (Å²) in [4.78, 5) is 0. The number of halogens is 3. The first-order valence-corrected chi connectivity index (χ1v) is 8.14. The lowest BCUT2D eigenvalue weighted by atomic mass is 10.00. The normalized spacial score (nSPS) is 20.3. The minimum atomic E-state index is 0.728. The standard InChI is InChI=1S/C12H15Br3N2/c13-9-4-10(14)12(11(15)5-9)17-7-8-2-1-3-16-6-8/h4-5,8,16-17H,1-3,6-7H2. The fourth-order valence-electron chi connectivity index (χ4n) is 2.06. The highest BCUT2D eigenvalue weighted by Gasteiger charge is 2.14. The lowest BCUT2D eigenvalue weighted by molar-refractivity contribution is 0.393. The summed E-state index contributed by atoms with van der Waals surface area (Å²) in [6.07, 6.45) is 2.60. The van der Waals surface area contributed by atoms with Gasteiger partial charge in [-0.3, -0.25) is 0 Å². The van der Waals surface area contributed by atoms with E-state index in [1.54, 1.807) is 0 Å². The van der Waals surface area contributed by atoms with Crippen molar-refractivity contribution in [3.8, 4) is 0 Å². The quantitative estimate of drug-likeness (QED) is 0.749. The molecule has 17 heavy (non-hydrogen) atoms. The summed E-state index contributed by atoms with van der Waals surface area (Å²) in [7, 11) is 0. The summed E-state index contributed by atoms with van der Waals surface area (Å²) < 4.78 is 3.24. The van der Waals surface area contributed by atoms with E-state index >= 15 is 0 Å². The van der Waals surface area contributed by atoms with E-state index in [-0.39, 0.29) is 0 Å². The lowest BCUT2D eigenvalue weighted by Gasteiger charge is -2.24. The lowest BCUT2D eigenvalue weighted by Crippen LogP contribution is -2.33. The van der Waals surface area contributed by atoms with Crippen molar-refractivity contribution >= 4 is 53.5 Å². The van der Waals surface area contributed by atoms with Gasteiger partial charge in [0.1, 0.15) is 0 Å². The van der Waals surface area contributed by atoms with Gasteiger partial charge < -0.3 is 10.6 Å². The molecule has 1 aliphatic rings. The Hall–Kier alpha value is 0.420. The SMILES string of the molecule is Brc1cc(Br)c(NCC2CCCNC2)c(Br)c1. The summed E-state index contributed by atoms with van der Waals surface area (Å²) in [5.74, 6) is 0.728. The fraction of sp³-hybridized carbons (Fsp3) is 0.500. The van der Waals surface area contributed by atoms with Crippen LogP contribution in [-0.4, -0.2) is 19.6 Å². The predicted molar refractivity (Wildman–Crippen MR) is 83.6 cm³/mol. The van der Waals surface area contributed by atoms with Gasteiger partial charge in [0.25, 0.3) is 0 Å². The molecular weight excluding hydrogens is 412 g/mol. The van der Waals surface area contributed by atoms with Crippen LogP contribution in [-0.2, 0) is 0 Å². The molecule has 5 heteroatoms. The van der Waals surface area contributed by atoms with Crippen LogP contribution in [0.1, 0.15) is 12.8 Å². The zero-order valence-electron chi connectivity index (χ0n) is 9.40. The van der Waals surface area contributed by atoms with E-state index in [4.69, 9.17) is 0 Å². The Morgan fingerprint density at radius 2 is 1.94 bits per heavy atom. The second kappa shape index (κ2) is 6.55. The molecule has 0 radical (unpaired) electrons. The van der Waals surface area contributed by atoms with Gasteiger partial charge in [-0.2, -0.15) is 0 Å². The topological polar surface area (TPSA) is 24.1 Å². The largest absolute Gasteiger partial charge is 0.383 e. The minimum absolute atomic E-state index is 0.728. The van der Waals surface area contributed by atoms with Crippen LogP contribution < -0.4 is 10.6 Å². The van der Waals surface area contributed by atoms with Gasteiger partial charge in [-0.25, -0.2) is 0 Å². The summed E-state index contributed by atoms with van der Waals surface area (Å²) in [6, 6.07) is 4.12. The molecule has 1 atom stereocenters. The van der Waals surface area contributed by atoms with Gasteiger partial charge in [-0.15, -0.1) is 0 Å². The molecule has 0 aliphatic carbocycles. The summed E-state index contributed by atoms with van der Waals surface area (Å²) in [5, 5.41) is 6.96. The third-order valence-corrected chi connectivity index (χ3v) is 4.68. The Balaban J connectivity index is 1.98. The van der Waals surface area contributed by atoms with Crippen LogP contribution in [0.4, 0.5) is 5.69 Å². The first kappa shape index (κ1) is 13.8. The summed E-state index contributed by atoms with van der Waals surface area (Å²) in [6.45, 7) is 3.31. The highest BCUT2D eigenvalue weighted by atomic mass is 79.9. The van der Waals surface area contributed by atoms with Crippen molar-refractivity contribution in [2.75, 3.05) is 25.0 Å². The van der Waals surface area contributed by atoms with E-state index in [0.29, 0.717) is 0 Å². The van der Waals surface area contributed by atoms with Crippen molar-refractivity contribution in [3.05, 3.63) is 25.6 Å². The number of benzene rings is 1. The molecule has 0 saturated carbocycles. The molecule has 0 aromatic heterocycles. The van der Waals surface area contributed by atoms with Crippen LogP contribution in [0.25, 0.3) is 0 Å². The van der Waals surface area contributed by atoms with Crippen molar-refractivity contribution in [1.29, 1.82) is 0 Å². The van der Waals surface area contributed by atoms with Crippen molar-refractivity contribution < 1.29 is 0 Å². The summed E-state index contributed by atoms with van der Waals surface area (Å²) >= 11 is 10.6. The molecule has 2 nitrogen and oxygen atoms in total. The molecule has 0 bridgehead atoms. The molecule has 1 aromatic rings. The Labute approximate surface area is 127 Å². The molecule has 94 valence electrons. The second-order valence-electron chi connectivity index (χ2n) is 4.34. The Morgan fingerprint density at radius 1 is 1.24 bits per heavy atom. The third kappa shape index (κ3) is 3.94. The van der Waals surface area contributed by atoms with E-state index < -0.39 is 0 Å². The molecule has 1 unspecified atom stereocenters. The molecule has 1 saturated heterocycles. The van der Waals surface area contributed by atoms with E-state index in [0.717, 1.165) is 38.1 Å². The Bertz CT molecular complexity index is 366. The van der Waals surface area contributed by atoms with Crippen LogP contribution >= 0.6 is 47.8 Å². The van der Waals surface area contributed by atoms with Gasteiger partial charge in [-0.1, -0.05) is 15.9 Å². The first-order chi connectivity index (χ1) is 8.16. The monoisotopic (exact) mass is 424 g/mol. The van der Waals surface area contributed by atoms with E-state index in [1.165, 1.54) is 19.4 Å². The fourth-order valence-corrected chi connectivity index (χ4v) is 4.59. The van der Waals surface area contributed by atoms with Crippen LogP contribution in [0.15, 0.2) is 25.6 Å². The van der Waals surface area contributed by atoms with Gasteiger partial charge in [0, 0.05) is 20.0 Å². The van der Waals surface area contributed by atoms with E-state index in [2.05, 4.69) is 70.6 Å². The first-order valence-electron chi connectivity index (χ1n) is 5.76. The highest BCUT2D eigenvalue weighted by Crippen LogP contribution is 2.34. The molecule has 1 aromatic carbocycles. The average Bonchev–Trinajstić information content (AvgIpc) is 2.29. The summed E-state index contributed by atoms with van der Waals surface area (Å²) in [5.41, 5.74) is 1.14. The molecule has 1 aliphatic heterocycles. The number of anilines is 1. The molecule has 0 amide bonds. The van der Waals surface area contributed by atoms with Crippen LogP contribution in [0, 0.1) is 5.92 Å². The third-order valence-electron chi connectivity index (χ3n) is 2.97. The highest BCUT2D eigenvalue weighted by molar-refractivity contribution is 9.11. The zero-order chi connectivity index (χ0) is 12.3. The maximum atomic E-state index is 3.58. The number of rotatable bonds is 3. The molecule has 1 fully saturated rings. The van der Waals surface area contributed by atoms with E-state index in [9.17, 15) is 0 Å².